The molecule has 0 saturated carbocycles. The Morgan fingerprint density at radius 3 is 2.49 bits per heavy atom. The van der Waals surface area contributed by atoms with Crippen LogP contribution in [0.1, 0.15) is 12.5 Å². The van der Waals surface area contributed by atoms with E-state index in [0.29, 0.717) is 44.9 Å². The van der Waals surface area contributed by atoms with E-state index in [2.05, 4.69) is 21.0 Å². The number of nitrogens with zero attached hydrogens (tertiary/aromatic N) is 4. The third-order valence-corrected chi connectivity index (χ3v) is 6.17. The van der Waals surface area contributed by atoms with Gasteiger partial charge in [-0.2, -0.15) is 13.2 Å². The predicted octanol–water partition coefficient (Wildman–Crippen LogP) is 1.78. The van der Waals surface area contributed by atoms with Crippen LogP contribution in [-0.4, -0.2) is 83.3 Å². The molecule has 0 bridgehead atoms. The Bertz CT molecular complexity index is 1170. The first-order valence-electron chi connectivity index (χ1n) is 11.5. The Labute approximate surface area is 210 Å². The molecule has 0 radical (unpaired) electrons. The van der Waals surface area contributed by atoms with Gasteiger partial charge in [-0.3, -0.25) is 25.0 Å². The van der Waals surface area contributed by atoms with Gasteiger partial charge in [0.15, 0.2) is 0 Å². The molecule has 3 heterocycles. The fourth-order valence-electron chi connectivity index (χ4n) is 4.44. The first-order valence-corrected chi connectivity index (χ1v) is 11.5. The molecule has 0 aromatic heterocycles. The Balaban J connectivity index is 1.53. The van der Waals surface area contributed by atoms with Crippen LogP contribution in [0.5, 0.6) is 0 Å². The highest BCUT2D eigenvalue weighted by Gasteiger charge is 2.38. The quantitative estimate of drug-likeness (QED) is 0.432. The first kappa shape index (κ1) is 26.4. The van der Waals surface area contributed by atoms with Crippen molar-refractivity contribution in [3.05, 3.63) is 64.5 Å². The smallest absolute Gasteiger partial charge is 0.395 e. The van der Waals surface area contributed by atoms with E-state index in [9.17, 15) is 32.3 Å². The number of halogens is 4. The number of benzene rings is 1. The van der Waals surface area contributed by atoms with Gasteiger partial charge in [0, 0.05) is 45.5 Å². The third-order valence-electron chi connectivity index (χ3n) is 6.17. The molecule has 0 aliphatic carbocycles. The van der Waals surface area contributed by atoms with Crippen molar-refractivity contribution in [2.75, 3.05) is 51.7 Å². The molecule has 0 unspecified atom stereocenters. The molecule has 200 valence electrons. The summed E-state index contributed by atoms with van der Waals surface area (Å²) >= 11 is 0. The SMILES string of the molecule is CC1=C2C(=CC=C(C(=O)NC(=O)Nc3ccc(F)c(C(F)(F)F)c3)N2N2CCN(CCO)CC2)N(C)N1. The van der Waals surface area contributed by atoms with E-state index < -0.39 is 29.5 Å². The Morgan fingerprint density at radius 1 is 1.14 bits per heavy atom. The fraction of sp³-hybridized carbons (Fsp3) is 0.391. The minimum atomic E-state index is -4.94. The molecule has 0 atom stereocenters. The number of hydrazine groups is 2. The van der Waals surface area contributed by atoms with Gasteiger partial charge in [-0.1, -0.05) is 0 Å². The van der Waals surface area contributed by atoms with Crippen LogP contribution in [0.2, 0.25) is 0 Å². The van der Waals surface area contributed by atoms with Gasteiger partial charge in [0.05, 0.1) is 23.6 Å². The highest BCUT2D eigenvalue weighted by atomic mass is 19.4. The molecule has 4 rings (SSSR count). The summed E-state index contributed by atoms with van der Waals surface area (Å²) in [6, 6.07) is 0.949. The zero-order valence-electron chi connectivity index (χ0n) is 20.2. The van der Waals surface area contributed by atoms with Gasteiger partial charge in [0.25, 0.3) is 5.91 Å². The summed E-state index contributed by atoms with van der Waals surface area (Å²) in [6.45, 7) is 4.80. The molecule has 10 nitrogen and oxygen atoms in total. The van der Waals surface area contributed by atoms with E-state index in [-0.39, 0.29) is 18.0 Å². The van der Waals surface area contributed by atoms with Gasteiger partial charge in [-0.15, -0.1) is 0 Å². The van der Waals surface area contributed by atoms with Crippen molar-refractivity contribution in [2.24, 2.45) is 0 Å². The maximum Gasteiger partial charge on any atom is 0.419 e. The summed E-state index contributed by atoms with van der Waals surface area (Å²) in [5.41, 5.74) is 3.77. The molecule has 37 heavy (non-hydrogen) atoms. The zero-order valence-corrected chi connectivity index (χ0v) is 20.2. The fourth-order valence-corrected chi connectivity index (χ4v) is 4.44. The molecule has 1 fully saturated rings. The van der Waals surface area contributed by atoms with E-state index in [1.165, 1.54) is 0 Å². The lowest BCUT2D eigenvalue weighted by Gasteiger charge is -2.44. The zero-order chi connectivity index (χ0) is 26.9. The number of aliphatic hydroxyl groups excluding tert-OH is 1. The molecule has 1 saturated heterocycles. The number of urea groups is 1. The second-order valence-corrected chi connectivity index (χ2v) is 8.68. The number of rotatable bonds is 5. The second kappa shape index (κ2) is 10.4. The highest BCUT2D eigenvalue weighted by Crippen LogP contribution is 2.35. The molecular formula is C23H27F4N7O3. The van der Waals surface area contributed by atoms with E-state index >= 15 is 0 Å². The normalized spacial score (nSPS) is 18.8. The number of likely N-dealkylation sites (N-methyl/N-ethyl adjacent to an activating group) is 1. The minimum Gasteiger partial charge on any atom is -0.395 e. The van der Waals surface area contributed by atoms with Crippen molar-refractivity contribution in [3.63, 3.8) is 0 Å². The molecule has 3 amide bonds. The summed E-state index contributed by atoms with van der Waals surface area (Å²) < 4.78 is 52.6. The number of alkyl halides is 3. The lowest BCUT2D eigenvalue weighted by molar-refractivity contribution is -0.140. The van der Waals surface area contributed by atoms with Crippen LogP contribution in [0.25, 0.3) is 0 Å². The van der Waals surface area contributed by atoms with Crippen molar-refractivity contribution < 1.29 is 32.3 Å². The van der Waals surface area contributed by atoms with Gasteiger partial charge < -0.3 is 15.8 Å². The van der Waals surface area contributed by atoms with Crippen LogP contribution in [0.3, 0.4) is 0 Å². The maximum atomic E-state index is 13.6. The summed E-state index contributed by atoms with van der Waals surface area (Å²) in [6.07, 6.45) is -1.67. The average Bonchev–Trinajstić information content (AvgIpc) is 3.13. The number of allylic oxidation sites excluding steroid dienone is 3. The molecule has 1 aromatic rings. The first-order chi connectivity index (χ1) is 17.5. The number of hydrogen-bond acceptors (Lipinski definition) is 8. The van der Waals surface area contributed by atoms with Gasteiger partial charge in [0.1, 0.15) is 17.2 Å². The average molecular weight is 526 g/mol. The van der Waals surface area contributed by atoms with Crippen molar-refractivity contribution >= 4 is 17.6 Å². The summed E-state index contributed by atoms with van der Waals surface area (Å²) in [5.74, 6) is -2.25. The molecule has 1 aromatic carbocycles. The maximum absolute atomic E-state index is 13.6. The van der Waals surface area contributed by atoms with E-state index in [1.54, 1.807) is 22.2 Å². The molecule has 4 N–H and O–H groups in total. The molecule has 3 aliphatic heterocycles. The van der Waals surface area contributed by atoms with E-state index in [4.69, 9.17) is 0 Å². The van der Waals surface area contributed by atoms with Crippen LogP contribution in [0, 0.1) is 5.82 Å². The second-order valence-electron chi connectivity index (χ2n) is 8.68. The topological polar surface area (TPSA) is 103 Å². The van der Waals surface area contributed by atoms with Crippen molar-refractivity contribution in [1.82, 2.24) is 30.7 Å². The Kier molecular flexibility index (Phi) is 7.43. The van der Waals surface area contributed by atoms with Gasteiger partial charge in [-0.25, -0.2) is 14.2 Å². The van der Waals surface area contributed by atoms with Crippen LogP contribution in [-0.2, 0) is 11.0 Å². The lowest BCUT2D eigenvalue weighted by atomic mass is 10.1. The summed E-state index contributed by atoms with van der Waals surface area (Å²) in [7, 11) is 1.82. The summed E-state index contributed by atoms with van der Waals surface area (Å²) in [4.78, 5) is 27.8. The molecule has 14 heteroatoms. The van der Waals surface area contributed by atoms with Crippen molar-refractivity contribution in [3.8, 4) is 0 Å². The molecule has 0 spiro atoms. The number of nitrogens with one attached hydrogen (secondary N) is 3. The van der Waals surface area contributed by atoms with Crippen molar-refractivity contribution in [2.45, 2.75) is 13.1 Å². The number of anilines is 1. The number of hydrogen-bond donors (Lipinski definition) is 4. The van der Waals surface area contributed by atoms with Crippen LogP contribution < -0.4 is 16.1 Å². The highest BCUT2D eigenvalue weighted by molar-refractivity contribution is 6.07. The third kappa shape index (κ3) is 5.55. The standard InChI is InChI=1S/C23H27F4N7O3/c1-14-20-18(31(2)30-14)5-6-19(34(20)33-9-7-32(8-10-33)11-12-35)21(36)29-22(37)28-15-3-4-17(24)16(13-15)23(25,26)27/h3-6,13,30,35H,7-12H2,1-2H3,(H2,28,29,36,37). The number of aliphatic hydroxyl groups is 1. The predicted molar refractivity (Wildman–Crippen MR) is 125 cm³/mol. The number of β-amino-alcohol motifs (C(OH)–C–C–N with tert-alkyl or cyclic N) is 1. The minimum absolute atomic E-state index is 0.0385. The van der Waals surface area contributed by atoms with Crippen LogP contribution in [0.15, 0.2) is 53.1 Å². The number of fused-ring (bicyclic) bond motifs is 1. The number of imide groups is 1. The van der Waals surface area contributed by atoms with Gasteiger partial charge >= 0.3 is 12.2 Å². The van der Waals surface area contributed by atoms with Gasteiger partial charge in [0.2, 0.25) is 0 Å². The largest absolute Gasteiger partial charge is 0.419 e. The monoisotopic (exact) mass is 525 g/mol. The van der Waals surface area contributed by atoms with Crippen LogP contribution >= 0.6 is 0 Å². The number of piperazine rings is 1. The van der Waals surface area contributed by atoms with E-state index in [1.807, 2.05) is 19.0 Å². The number of carbonyl (C=O) groups excluding carboxylic acids is 2. The molecular weight excluding hydrogens is 498 g/mol. The number of carbonyl (C=O) groups is 2. The Hall–Kier alpha value is -3.62. The van der Waals surface area contributed by atoms with Gasteiger partial charge in [-0.05, 0) is 37.3 Å². The van der Waals surface area contributed by atoms with Crippen molar-refractivity contribution in [1.29, 1.82) is 0 Å². The van der Waals surface area contributed by atoms with E-state index in [0.717, 1.165) is 23.2 Å². The lowest BCUT2D eigenvalue weighted by Crippen LogP contribution is -2.55. The number of amides is 3. The summed E-state index contributed by atoms with van der Waals surface area (Å²) in [5, 5.41) is 19.0. The Morgan fingerprint density at radius 2 is 1.84 bits per heavy atom. The van der Waals surface area contributed by atoms with Crippen LogP contribution in [0.4, 0.5) is 28.0 Å². The molecule has 3 aliphatic rings.